The zero-order valence-corrected chi connectivity index (χ0v) is 13.1. The predicted molar refractivity (Wildman–Crippen MR) is 87.8 cm³/mol. The molecule has 0 heterocycles. The van der Waals surface area contributed by atoms with Gasteiger partial charge >= 0.3 is 0 Å². The highest BCUT2D eigenvalue weighted by molar-refractivity contribution is 5.79. The molecule has 2 N–H and O–H groups in total. The Kier molecular flexibility index (Phi) is 6.54. The Bertz CT molecular complexity index is 433. The molecule has 0 spiro atoms. The van der Waals surface area contributed by atoms with E-state index in [9.17, 15) is 0 Å². The van der Waals surface area contributed by atoms with E-state index in [1.54, 1.807) is 7.11 Å². The smallest absolute Gasteiger partial charge is 0.191 e. The van der Waals surface area contributed by atoms with Gasteiger partial charge in [0.05, 0.1) is 0 Å². The van der Waals surface area contributed by atoms with Crippen molar-refractivity contribution in [1.29, 1.82) is 0 Å². The quantitative estimate of drug-likeness (QED) is 0.439. The molecule has 2 atom stereocenters. The molecule has 2 rings (SSSR count). The van der Waals surface area contributed by atoms with Gasteiger partial charge in [-0.3, -0.25) is 4.99 Å². The van der Waals surface area contributed by atoms with Crippen molar-refractivity contribution in [2.75, 3.05) is 33.4 Å². The molecule has 1 aliphatic rings. The van der Waals surface area contributed by atoms with Gasteiger partial charge in [0.1, 0.15) is 0 Å². The van der Waals surface area contributed by atoms with Gasteiger partial charge in [0.25, 0.3) is 0 Å². The first-order valence-electron chi connectivity index (χ1n) is 7.91. The van der Waals surface area contributed by atoms with Crippen LogP contribution in [0.2, 0.25) is 0 Å². The molecule has 2 unspecified atom stereocenters. The van der Waals surface area contributed by atoms with Crippen LogP contribution in [-0.4, -0.2) is 39.3 Å². The van der Waals surface area contributed by atoms with E-state index in [0.717, 1.165) is 38.6 Å². The van der Waals surface area contributed by atoms with Crippen molar-refractivity contribution in [3.05, 3.63) is 35.9 Å². The molecule has 116 valence electrons. The number of methoxy groups -OCH3 is 1. The minimum Gasteiger partial charge on any atom is -0.385 e. The van der Waals surface area contributed by atoms with Gasteiger partial charge in [-0.2, -0.15) is 0 Å². The minimum atomic E-state index is 0.696. The molecule has 4 heteroatoms. The fourth-order valence-electron chi connectivity index (χ4n) is 2.53. The fraction of sp³-hybridized carbons (Fsp3) is 0.588. The van der Waals surface area contributed by atoms with Crippen molar-refractivity contribution >= 4 is 5.96 Å². The van der Waals surface area contributed by atoms with Gasteiger partial charge in [-0.15, -0.1) is 0 Å². The zero-order valence-electron chi connectivity index (χ0n) is 13.1. The standard InChI is InChI=1S/C17H27N3O/c1-3-18-17(19-10-7-11-21-2)20-13-15-12-16(15)14-8-5-4-6-9-14/h4-6,8-9,15-16H,3,7,10-13H2,1-2H3,(H2,18,19,20). The number of ether oxygens (including phenoxy) is 1. The molecule has 1 aromatic rings. The molecular formula is C17H27N3O. The SMILES string of the molecule is CCNC(=NCC1CC1c1ccccc1)NCCCOC. The third-order valence-electron chi connectivity index (χ3n) is 3.80. The van der Waals surface area contributed by atoms with Crippen LogP contribution in [0.5, 0.6) is 0 Å². The van der Waals surface area contributed by atoms with Crippen LogP contribution in [0, 0.1) is 5.92 Å². The van der Waals surface area contributed by atoms with Crippen molar-refractivity contribution in [3.63, 3.8) is 0 Å². The van der Waals surface area contributed by atoms with E-state index in [-0.39, 0.29) is 0 Å². The molecule has 0 radical (unpaired) electrons. The van der Waals surface area contributed by atoms with Crippen LogP contribution in [0.25, 0.3) is 0 Å². The van der Waals surface area contributed by atoms with E-state index < -0.39 is 0 Å². The lowest BCUT2D eigenvalue weighted by atomic mass is 10.1. The maximum absolute atomic E-state index is 5.05. The number of hydrogen-bond acceptors (Lipinski definition) is 2. The number of rotatable bonds is 8. The molecule has 0 saturated heterocycles. The average molecular weight is 289 g/mol. The summed E-state index contributed by atoms with van der Waals surface area (Å²) < 4.78 is 5.05. The summed E-state index contributed by atoms with van der Waals surface area (Å²) in [5.41, 5.74) is 1.45. The summed E-state index contributed by atoms with van der Waals surface area (Å²) in [5.74, 6) is 2.32. The molecule has 21 heavy (non-hydrogen) atoms. The number of nitrogens with one attached hydrogen (secondary N) is 2. The molecule has 1 aliphatic carbocycles. The van der Waals surface area contributed by atoms with Crippen molar-refractivity contribution in [1.82, 2.24) is 10.6 Å². The summed E-state index contributed by atoms with van der Waals surface area (Å²) in [4.78, 5) is 4.70. The lowest BCUT2D eigenvalue weighted by molar-refractivity contribution is 0.195. The van der Waals surface area contributed by atoms with Crippen LogP contribution in [-0.2, 0) is 4.74 Å². The fourth-order valence-corrected chi connectivity index (χ4v) is 2.53. The number of nitrogens with zero attached hydrogens (tertiary/aromatic N) is 1. The summed E-state index contributed by atoms with van der Waals surface area (Å²) >= 11 is 0. The largest absolute Gasteiger partial charge is 0.385 e. The number of benzene rings is 1. The molecule has 0 aromatic heterocycles. The van der Waals surface area contributed by atoms with E-state index in [0.29, 0.717) is 11.8 Å². The number of guanidine groups is 1. The summed E-state index contributed by atoms with van der Waals surface area (Å²) in [6, 6.07) is 10.8. The Hall–Kier alpha value is -1.55. The Morgan fingerprint density at radius 3 is 2.81 bits per heavy atom. The number of aliphatic imine (C=N–C) groups is 1. The van der Waals surface area contributed by atoms with Gasteiger partial charge in [0.15, 0.2) is 5.96 Å². The van der Waals surface area contributed by atoms with E-state index in [2.05, 4.69) is 47.9 Å². The van der Waals surface area contributed by atoms with E-state index in [1.807, 2.05) is 0 Å². The second kappa shape index (κ2) is 8.67. The van der Waals surface area contributed by atoms with Crippen LogP contribution in [0.3, 0.4) is 0 Å². The summed E-state index contributed by atoms with van der Waals surface area (Å²) in [7, 11) is 1.73. The summed E-state index contributed by atoms with van der Waals surface area (Å²) in [6.45, 7) is 5.57. The molecule has 0 amide bonds. The minimum absolute atomic E-state index is 0.696. The second-order valence-electron chi connectivity index (χ2n) is 5.51. The molecule has 0 bridgehead atoms. The summed E-state index contributed by atoms with van der Waals surface area (Å²) in [6.07, 6.45) is 2.26. The predicted octanol–water partition coefficient (Wildman–Crippen LogP) is 2.38. The molecule has 0 aliphatic heterocycles. The van der Waals surface area contributed by atoms with Crippen molar-refractivity contribution in [2.45, 2.75) is 25.7 Å². The van der Waals surface area contributed by atoms with Gasteiger partial charge in [-0.25, -0.2) is 0 Å². The summed E-state index contributed by atoms with van der Waals surface area (Å²) in [5, 5.41) is 6.65. The molecule has 1 fully saturated rings. The Balaban J connectivity index is 1.75. The highest BCUT2D eigenvalue weighted by Crippen LogP contribution is 2.47. The van der Waals surface area contributed by atoms with Gasteiger partial charge in [-0.1, -0.05) is 30.3 Å². The Morgan fingerprint density at radius 2 is 2.10 bits per heavy atom. The van der Waals surface area contributed by atoms with E-state index in [1.165, 1.54) is 12.0 Å². The van der Waals surface area contributed by atoms with Crippen molar-refractivity contribution in [2.24, 2.45) is 10.9 Å². The lowest BCUT2D eigenvalue weighted by Gasteiger charge is -2.10. The van der Waals surface area contributed by atoms with Gasteiger partial charge < -0.3 is 15.4 Å². The Labute approximate surface area is 128 Å². The molecule has 1 saturated carbocycles. The topological polar surface area (TPSA) is 45.7 Å². The third kappa shape index (κ3) is 5.38. The maximum atomic E-state index is 5.05. The molecular weight excluding hydrogens is 262 g/mol. The highest BCUT2D eigenvalue weighted by atomic mass is 16.5. The Morgan fingerprint density at radius 1 is 1.29 bits per heavy atom. The monoisotopic (exact) mass is 289 g/mol. The molecule has 4 nitrogen and oxygen atoms in total. The third-order valence-corrected chi connectivity index (χ3v) is 3.80. The first-order chi connectivity index (χ1) is 10.3. The van der Waals surface area contributed by atoms with Crippen LogP contribution in [0.15, 0.2) is 35.3 Å². The zero-order chi connectivity index (χ0) is 14.9. The maximum Gasteiger partial charge on any atom is 0.191 e. The highest BCUT2D eigenvalue weighted by Gasteiger charge is 2.37. The lowest BCUT2D eigenvalue weighted by Crippen LogP contribution is -2.38. The van der Waals surface area contributed by atoms with Crippen LogP contribution in [0.1, 0.15) is 31.2 Å². The number of hydrogen-bond donors (Lipinski definition) is 2. The van der Waals surface area contributed by atoms with Crippen molar-refractivity contribution < 1.29 is 4.74 Å². The van der Waals surface area contributed by atoms with Crippen LogP contribution < -0.4 is 10.6 Å². The normalized spacial score (nSPS) is 21.1. The van der Waals surface area contributed by atoms with Crippen LogP contribution >= 0.6 is 0 Å². The first-order valence-corrected chi connectivity index (χ1v) is 7.91. The second-order valence-corrected chi connectivity index (χ2v) is 5.51. The van der Waals surface area contributed by atoms with E-state index >= 15 is 0 Å². The van der Waals surface area contributed by atoms with Gasteiger partial charge in [0.2, 0.25) is 0 Å². The molecule has 1 aromatic carbocycles. The van der Waals surface area contributed by atoms with E-state index in [4.69, 9.17) is 9.73 Å². The first kappa shape index (κ1) is 15.8. The van der Waals surface area contributed by atoms with Crippen LogP contribution in [0.4, 0.5) is 0 Å². The van der Waals surface area contributed by atoms with Gasteiger partial charge in [0, 0.05) is 33.4 Å². The van der Waals surface area contributed by atoms with Crippen molar-refractivity contribution in [3.8, 4) is 0 Å². The van der Waals surface area contributed by atoms with Gasteiger partial charge in [-0.05, 0) is 37.2 Å². The average Bonchev–Trinajstić information content (AvgIpc) is 3.29.